The Hall–Kier alpha value is -0.0431. The number of ether oxygens (including phenoxy) is 1. The lowest BCUT2D eigenvalue weighted by atomic mass is 10.5. The summed E-state index contributed by atoms with van der Waals surface area (Å²) in [6, 6.07) is 0. The monoisotopic (exact) mass is 364 g/mol. The smallest absolute Gasteiger partial charge is 0.381 e. The highest BCUT2D eigenvalue weighted by molar-refractivity contribution is 7.86. The molecule has 0 radical (unpaired) electrons. The van der Waals surface area contributed by atoms with Crippen molar-refractivity contribution in [2.75, 3.05) is 32.7 Å². The van der Waals surface area contributed by atoms with Crippen molar-refractivity contribution in [2.45, 2.75) is 32.5 Å². The Morgan fingerprint density at radius 2 is 1.29 bits per heavy atom. The lowest BCUT2D eigenvalue weighted by molar-refractivity contribution is 0.107. The van der Waals surface area contributed by atoms with Gasteiger partial charge in [-0.15, -0.1) is 0 Å². The molecule has 0 heterocycles. The van der Waals surface area contributed by atoms with Crippen LogP contribution >= 0.6 is 0 Å². The van der Waals surface area contributed by atoms with Gasteiger partial charge in [-0.1, -0.05) is 0 Å². The van der Waals surface area contributed by atoms with E-state index in [4.69, 9.17) is 8.61 Å². The van der Waals surface area contributed by atoms with E-state index in [9.17, 15) is 16.8 Å². The highest BCUT2D eigenvalue weighted by Crippen LogP contribution is 2.09. The van der Waals surface area contributed by atoms with Crippen LogP contribution in [-0.4, -0.2) is 57.8 Å². The van der Waals surface area contributed by atoms with Crippen molar-refractivity contribution in [3.63, 3.8) is 0 Å². The maximum atomic E-state index is 11.4. The van der Waals surface area contributed by atoms with E-state index in [2.05, 4.69) is 8.37 Å². The first-order valence-electron chi connectivity index (χ1n) is 6.43. The van der Waals surface area contributed by atoms with Gasteiger partial charge in [0.25, 0.3) is 10.1 Å². The van der Waals surface area contributed by atoms with E-state index in [1.807, 2.05) is 0 Å². The number of hydrogen-bond donors (Lipinski definition) is 0. The van der Waals surface area contributed by atoms with Gasteiger partial charge in [-0.05, 0) is 32.5 Å². The molecule has 0 saturated heterocycles. The average Bonchev–Trinajstić information content (AvgIpc) is 2.21. The lowest BCUT2D eigenvalue weighted by Gasteiger charge is -2.15. The van der Waals surface area contributed by atoms with Crippen LogP contribution in [0.1, 0.15) is 12.8 Å². The second-order valence-electron chi connectivity index (χ2n) is 5.27. The Bertz CT molecular complexity index is 480. The van der Waals surface area contributed by atoms with Crippen LogP contribution < -0.4 is 0 Å². The standard InChI is InChI=1S/C10H24O8S2Si/c1-19(11,12)16-9-5-7-15-8-6-10-17-20(13,14)18-21(2,3)4/h5-10H2,1-4H3. The van der Waals surface area contributed by atoms with Crippen molar-refractivity contribution in [3.05, 3.63) is 0 Å². The molecule has 0 aliphatic rings. The SMILES string of the molecule is C[Si](C)(C)OS(=O)(=O)OCCCOCCCOS(C)(=O)=O. The first-order chi connectivity index (χ1) is 9.41. The molecule has 0 aromatic rings. The molecule has 0 saturated carbocycles. The molecular formula is C10H24O8S2Si. The molecule has 0 aliphatic heterocycles. The van der Waals surface area contributed by atoms with Gasteiger partial charge in [-0.2, -0.15) is 16.8 Å². The molecule has 0 unspecified atom stereocenters. The van der Waals surface area contributed by atoms with E-state index < -0.39 is 28.8 Å². The van der Waals surface area contributed by atoms with Crippen LogP contribution in [0.5, 0.6) is 0 Å². The van der Waals surface area contributed by atoms with Gasteiger partial charge >= 0.3 is 10.4 Å². The quantitative estimate of drug-likeness (QED) is 0.285. The van der Waals surface area contributed by atoms with Gasteiger partial charge in [0.1, 0.15) is 0 Å². The molecular weight excluding hydrogens is 340 g/mol. The third kappa shape index (κ3) is 16.2. The Balaban J connectivity index is 3.57. The molecule has 21 heavy (non-hydrogen) atoms. The Morgan fingerprint density at radius 1 is 0.810 bits per heavy atom. The molecule has 0 N–H and O–H groups in total. The molecule has 0 atom stereocenters. The molecule has 0 aliphatic carbocycles. The van der Waals surface area contributed by atoms with Gasteiger partial charge < -0.3 is 4.74 Å². The highest BCUT2D eigenvalue weighted by Gasteiger charge is 2.24. The molecule has 128 valence electrons. The number of rotatable bonds is 12. The Kier molecular flexibility index (Phi) is 9.16. The molecule has 0 aromatic carbocycles. The molecule has 0 fully saturated rings. The summed E-state index contributed by atoms with van der Waals surface area (Å²) in [4.78, 5) is 0. The minimum atomic E-state index is -3.94. The molecule has 0 aromatic heterocycles. The van der Waals surface area contributed by atoms with Crippen LogP contribution in [0.4, 0.5) is 0 Å². The third-order valence-corrected chi connectivity index (χ3v) is 5.61. The average molecular weight is 365 g/mol. The van der Waals surface area contributed by atoms with E-state index in [-0.39, 0.29) is 13.2 Å². The van der Waals surface area contributed by atoms with Crippen molar-refractivity contribution in [1.29, 1.82) is 0 Å². The zero-order valence-electron chi connectivity index (χ0n) is 12.8. The van der Waals surface area contributed by atoms with Gasteiger partial charge in [0, 0.05) is 13.2 Å². The van der Waals surface area contributed by atoms with Crippen molar-refractivity contribution >= 4 is 28.8 Å². The maximum Gasteiger partial charge on any atom is 0.390 e. The molecule has 11 heteroatoms. The summed E-state index contributed by atoms with van der Waals surface area (Å²) in [7, 11) is -9.55. The van der Waals surface area contributed by atoms with Crippen LogP contribution in [0.3, 0.4) is 0 Å². The fourth-order valence-electron chi connectivity index (χ4n) is 1.13. The van der Waals surface area contributed by atoms with E-state index in [0.717, 1.165) is 6.26 Å². The van der Waals surface area contributed by atoms with Crippen LogP contribution in [0.15, 0.2) is 0 Å². The Morgan fingerprint density at radius 3 is 1.71 bits per heavy atom. The fourth-order valence-corrected chi connectivity index (χ4v) is 4.51. The minimum Gasteiger partial charge on any atom is -0.381 e. The topological polar surface area (TPSA) is 105 Å². The molecule has 0 spiro atoms. The van der Waals surface area contributed by atoms with E-state index in [1.165, 1.54) is 0 Å². The summed E-state index contributed by atoms with van der Waals surface area (Å²) in [5.41, 5.74) is 0. The van der Waals surface area contributed by atoms with Crippen LogP contribution in [0.2, 0.25) is 19.6 Å². The predicted octanol–water partition coefficient (Wildman–Crippen LogP) is 0.872. The summed E-state index contributed by atoms with van der Waals surface area (Å²) >= 11 is 0. The van der Waals surface area contributed by atoms with Crippen LogP contribution in [0, 0.1) is 0 Å². The second-order valence-corrected chi connectivity index (χ2v) is 12.9. The summed E-state index contributed by atoms with van der Waals surface area (Å²) in [6.07, 6.45) is 1.81. The maximum absolute atomic E-state index is 11.4. The van der Waals surface area contributed by atoms with Gasteiger partial charge in [-0.3, -0.25) is 8.06 Å². The molecule has 0 rings (SSSR count). The van der Waals surface area contributed by atoms with Crippen molar-refractivity contribution in [3.8, 4) is 0 Å². The first-order valence-corrected chi connectivity index (χ1v) is 13.0. The minimum absolute atomic E-state index is 0.0212. The molecule has 0 amide bonds. The van der Waals surface area contributed by atoms with E-state index >= 15 is 0 Å². The summed E-state index contributed by atoms with van der Waals surface area (Å²) in [6.45, 7) is 5.91. The molecule has 8 nitrogen and oxygen atoms in total. The van der Waals surface area contributed by atoms with Crippen molar-refractivity contribution in [1.82, 2.24) is 0 Å². The second kappa shape index (κ2) is 9.18. The number of hydrogen-bond acceptors (Lipinski definition) is 8. The largest absolute Gasteiger partial charge is 0.390 e. The highest BCUT2D eigenvalue weighted by atomic mass is 32.3. The first kappa shape index (κ1) is 21.0. The third-order valence-electron chi connectivity index (χ3n) is 1.74. The zero-order valence-corrected chi connectivity index (χ0v) is 15.5. The van der Waals surface area contributed by atoms with Gasteiger partial charge in [-0.25, -0.2) is 4.18 Å². The van der Waals surface area contributed by atoms with Gasteiger partial charge in [0.05, 0.1) is 19.5 Å². The summed E-state index contributed by atoms with van der Waals surface area (Å²) < 4.78 is 63.4. The van der Waals surface area contributed by atoms with E-state index in [1.54, 1.807) is 19.6 Å². The fraction of sp³-hybridized carbons (Fsp3) is 1.00. The van der Waals surface area contributed by atoms with Crippen molar-refractivity contribution in [2.24, 2.45) is 0 Å². The van der Waals surface area contributed by atoms with Crippen LogP contribution in [-0.2, 0) is 37.5 Å². The van der Waals surface area contributed by atoms with Crippen LogP contribution in [0.25, 0.3) is 0 Å². The van der Waals surface area contributed by atoms with E-state index in [0.29, 0.717) is 26.1 Å². The van der Waals surface area contributed by atoms with Crippen molar-refractivity contribution < 1.29 is 33.8 Å². The van der Waals surface area contributed by atoms with Gasteiger partial charge in [0.15, 0.2) is 0 Å². The normalized spacial score (nSPS) is 13.5. The summed E-state index contributed by atoms with van der Waals surface area (Å²) in [5.74, 6) is 0. The predicted molar refractivity (Wildman–Crippen MR) is 80.2 cm³/mol. The lowest BCUT2D eigenvalue weighted by Crippen LogP contribution is -2.30. The Labute approximate surface area is 128 Å². The molecule has 0 bridgehead atoms. The summed E-state index contributed by atoms with van der Waals surface area (Å²) in [5, 5.41) is 0. The zero-order chi connectivity index (χ0) is 16.6. The van der Waals surface area contributed by atoms with Gasteiger partial charge in [0.2, 0.25) is 8.32 Å².